The molecule has 0 aliphatic heterocycles. The Bertz CT molecular complexity index is 269. The molecule has 0 saturated carbocycles. The van der Waals surface area contributed by atoms with Crippen molar-refractivity contribution in [3.63, 3.8) is 0 Å². The molecule has 1 atom stereocenters. The lowest BCUT2D eigenvalue weighted by atomic mass is 10.0. The molecule has 1 rings (SSSR count). The van der Waals surface area contributed by atoms with Crippen LogP contribution in [0.15, 0.2) is 12.4 Å². The lowest BCUT2D eigenvalue weighted by Crippen LogP contribution is -1.89. The Morgan fingerprint density at radius 3 is 3.00 bits per heavy atom. The van der Waals surface area contributed by atoms with Gasteiger partial charge in [0, 0.05) is 19.7 Å². The van der Waals surface area contributed by atoms with Gasteiger partial charge in [0.1, 0.15) is 0 Å². The Labute approximate surface area is 66.3 Å². The molecule has 0 radical (unpaired) electrons. The fraction of sp³-hybridized carbons (Fsp3) is 0.500. The van der Waals surface area contributed by atoms with Crippen molar-refractivity contribution in [2.75, 3.05) is 0 Å². The minimum absolute atomic E-state index is 0.300. The highest BCUT2D eigenvalue weighted by Crippen LogP contribution is 2.16. The third kappa shape index (κ3) is 1.81. The number of nitrogens with zero attached hydrogens (tertiary/aromatic N) is 3. The summed E-state index contributed by atoms with van der Waals surface area (Å²) in [6, 6.07) is 2.14. The summed E-state index contributed by atoms with van der Waals surface area (Å²) in [5.74, 6) is 0.300. The quantitative estimate of drug-likeness (QED) is 0.638. The molecule has 1 aromatic rings. The van der Waals surface area contributed by atoms with Crippen LogP contribution in [0.25, 0.3) is 0 Å². The fourth-order valence-electron chi connectivity index (χ4n) is 0.949. The molecule has 58 valence electrons. The van der Waals surface area contributed by atoms with Gasteiger partial charge in [-0.3, -0.25) is 4.68 Å². The fourth-order valence-corrected chi connectivity index (χ4v) is 0.949. The van der Waals surface area contributed by atoms with E-state index < -0.39 is 0 Å². The molecule has 0 aromatic carbocycles. The summed E-state index contributed by atoms with van der Waals surface area (Å²) in [6.07, 6.45) is 4.32. The van der Waals surface area contributed by atoms with Gasteiger partial charge >= 0.3 is 0 Å². The first kappa shape index (κ1) is 7.80. The van der Waals surface area contributed by atoms with Gasteiger partial charge in [-0.1, -0.05) is 6.92 Å². The molecule has 3 nitrogen and oxygen atoms in total. The smallest absolute Gasteiger partial charge is 0.0628 e. The minimum atomic E-state index is 0.300. The van der Waals surface area contributed by atoms with E-state index in [-0.39, 0.29) is 0 Å². The molecule has 0 bridgehead atoms. The average molecular weight is 149 g/mol. The maximum atomic E-state index is 8.43. The van der Waals surface area contributed by atoms with Gasteiger partial charge in [-0.2, -0.15) is 10.4 Å². The highest BCUT2D eigenvalue weighted by Gasteiger charge is 2.05. The SMILES string of the molecule is CC(CC#N)c1cnn(C)c1. The van der Waals surface area contributed by atoms with Crippen molar-refractivity contribution in [3.8, 4) is 6.07 Å². The molecule has 0 aliphatic rings. The molecule has 0 fully saturated rings. The normalized spacial score (nSPS) is 12.5. The first-order chi connectivity index (χ1) is 5.24. The highest BCUT2D eigenvalue weighted by molar-refractivity contribution is 5.11. The summed E-state index contributed by atoms with van der Waals surface area (Å²) in [5, 5.41) is 12.5. The molecular weight excluding hydrogens is 138 g/mol. The van der Waals surface area contributed by atoms with Gasteiger partial charge in [0.05, 0.1) is 12.3 Å². The maximum Gasteiger partial charge on any atom is 0.0628 e. The summed E-state index contributed by atoms with van der Waals surface area (Å²) >= 11 is 0. The van der Waals surface area contributed by atoms with Crippen LogP contribution in [0.5, 0.6) is 0 Å². The zero-order valence-electron chi connectivity index (χ0n) is 6.78. The van der Waals surface area contributed by atoms with Gasteiger partial charge in [-0.05, 0) is 11.5 Å². The largest absolute Gasteiger partial charge is 0.276 e. The van der Waals surface area contributed by atoms with Gasteiger partial charge in [-0.25, -0.2) is 0 Å². The van der Waals surface area contributed by atoms with Crippen LogP contribution in [-0.2, 0) is 7.05 Å². The Morgan fingerprint density at radius 2 is 2.55 bits per heavy atom. The summed E-state index contributed by atoms with van der Waals surface area (Å²) in [7, 11) is 1.88. The molecule has 0 N–H and O–H groups in total. The van der Waals surface area contributed by atoms with Crippen LogP contribution in [0.2, 0.25) is 0 Å². The molecule has 0 saturated heterocycles. The third-order valence-corrected chi connectivity index (χ3v) is 1.69. The lowest BCUT2D eigenvalue weighted by Gasteiger charge is -2.00. The Hall–Kier alpha value is -1.30. The van der Waals surface area contributed by atoms with Crippen molar-refractivity contribution in [2.24, 2.45) is 7.05 Å². The van der Waals surface area contributed by atoms with E-state index in [4.69, 9.17) is 5.26 Å². The van der Waals surface area contributed by atoms with Gasteiger partial charge in [0.15, 0.2) is 0 Å². The van der Waals surface area contributed by atoms with Crippen LogP contribution in [0.3, 0.4) is 0 Å². The molecular formula is C8H11N3. The van der Waals surface area contributed by atoms with Gasteiger partial charge in [0.25, 0.3) is 0 Å². The Kier molecular flexibility index (Phi) is 2.27. The van der Waals surface area contributed by atoms with E-state index >= 15 is 0 Å². The van der Waals surface area contributed by atoms with E-state index in [0.717, 1.165) is 5.56 Å². The summed E-state index contributed by atoms with van der Waals surface area (Å²) in [6.45, 7) is 2.03. The van der Waals surface area contributed by atoms with Crippen molar-refractivity contribution in [2.45, 2.75) is 19.3 Å². The number of hydrogen-bond donors (Lipinski definition) is 0. The second kappa shape index (κ2) is 3.20. The first-order valence-electron chi connectivity index (χ1n) is 3.59. The van der Waals surface area contributed by atoms with Crippen molar-refractivity contribution < 1.29 is 0 Å². The highest BCUT2D eigenvalue weighted by atomic mass is 15.2. The number of rotatable bonds is 2. The molecule has 0 aliphatic carbocycles. The predicted octanol–water partition coefficient (Wildman–Crippen LogP) is 1.44. The number of aromatic nitrogens is 2. The number of nitriles is 1. The summed E-state index contributed by atoms with van der Waals surface area (Å²) in [4.78, 5) is 0. The molecule has 0 spiro atoms. The zero-order chi connectivity index (χ0) is 8.27. The van der Waals surface area contributed by atoms with Crippen LogP contribution in [-0.4, -0.2) is 9.78 Å². The molecule has 3 heteroatoms. The van der Waals surface area contributed by atoms with Crippen molar-refractivity contribution >= 4 is 0 Å². The van der Waals surface area contributed by atoms with E-state index in [1.165, 1.54) is 0 Å². The van der Waals surface area contributed by atoms with E-state index in [0.29, 0.717) is 12.3 Å². The van der Waals surface area contributed by atoms with Crippen LogP contribution < -0.4 is 0 Å². The summed E-state index contributed by atoms with van der Waals surface area (Å²) < 4.78 is 1.75. The second-order valence-electron chi connectivity index (χ2n) is 2.71. The minimum Gasteiger partial charge on any atom is -0.276 e. The van der Waals surface area contributed by atoms with Crippen molar-refractivity contribution in [1.29, 1.82) is 5.26 Å². The second-order valence-corrected chi connectivity index (χ2v) is 2.71. The maximum absolute atomic E-state index is 8.43. The number of hydrogen-bond acceptors (Lipinski definition) is 2. The molecule has 1 aromatic heterocycles. The van der Waals surface area contributed by atoms with Crippen LogP contribution >= 0.6 is 0 Å². The topological polar surface area (TPSA) is 41.6 Å². The van der Waals surface area contributed by atoms with E-state index in [9.17, 15) is 0 Å². The monoisotopic (exact) mass is 149 g/mol. The Morgan fingerprint density at radius 1 is 1.82 bits per heavy atom. The number of aryl methyl sites for hydroxylation is 1. The molecule has 0 amide bonds. The first-order valence-corrected chi connectivity index (χ1v) is 3.59. The third-order valence-electron chi connectivity index (χ3n) is 1.69. The van der Waals surface area contributed by atoms with Crippen LogP contribution in [0.1, 0.15) is 24.8 Å². The van der Waals surface area contributed by atoms with E-state index in [2.05, 4.69) is 11.2 Å². The van der Waals surface area contributed by atoms with Crippen LogP contribution in [0.4, 0.5) is 0 Å². The van der Waals surface area contributed by atoms with Gasteiger partial charge in [-0.15, -0.1) is 0 Å². The van der Waals surface area contributed by atoms with Crippen molar-refractivity contribution in [3.05, 3.63) is 18.0 Å². The van der Waals surface area contributed by atoms with Gasteiger partial charge in [0.2, 0.25) is 0 Å². The predicted molar refractivity (Wildman–Crippen MR) is 41.9 cm³/mol. The average Bonchev–Trinajstić information content (AvgIpc) is 2.36. The van der Waals surface area contributed by atoms with Crippen LogP contribution in [0, 0.1) is 11.3 Å². The zero-order valence-corrected chi connectivity index (χ0v) is 6.78. The molecule has 11 heavy (non-hydrogen) atoms. The lowest BCUT2D eigenvalue weighted by molar-refractivity contribution is 0.758. The molecule has 1 heterocycles. The van der Waals surface area contributed by atoms with Crippen molar-refractivity contribution in [1.82, 2.24) is 9.78 Å². The summed E-state index contributed by atoms with van der Waals surface area (Å²) in [5.41, 5.74) is 1.13. The standard InChI is InChI=1S/C8H11N3/c1-7(3-4-9)8-5-10-11(2)6-8/h5-7H,3H2,1-2H3. The van der Waals surface area contributed by atoms with E-state index in [1.807, 2.05) is 26.4 Å². The Balaban J connectivity index is 2.70. The van der Waals surface area contributed by atoms with E-state index in [1.54, 1.807) is 4.68 Å². The van der Waals surface area contributed by atoms with Gasteiger partial charge < -0.3 is 0 Å². The molecule has 1 unspecified atom stereocenters.